The summed E-state index contributed by atoms with van der Waals surface area (Å²) in [6, 6.07) is -2.16. The highest BCUT2D eigenvalue weighted by molar-refractivity contribution is 5.74. The highest BCUT2D eigenvalue weighted by Crippen LogP contribution is 2.20. The van der Waals surface area contributed by atoms with E-state index in [0.29, 0.717) is 0 Å². The number of nitrogens with one attached hydrogen (secondary N) is 2. The summed E-state index contributed by atoms with van der Waals surface area (Å²) < 4.78 is 10.1. The minimum atomic E-state index is -1.50. The van der Waals surface area contributed by atoms with E-state index in [-0.39, 0.29) is 0 Å². The maximum Gasteiger partial charge on any atom is 0.408 e. The predicted octanol–water partition coefficient (Wildman–Crippen LogP) is -1.55. The second kappa shape index (κ2) is 7.23. The van der Waals surface area contributed by atoms with Crippen molar-refractivity contribution >= 4 is 12.0 Å². The SMILES string of the molecule is CC(=O)N[C@H]1[C@@H](NC(=O)OC(C)(C)C)[C@H](O)[C@@H](CO)O[C@@H]1O. The van der Waals surface area contributed by atoms with E-state index in [0.717, 1.165) is 0 Å². The number of rotatable bonds is 3. The molecule has 0 aromatic rings. The molecule has 128 valence electrons. The third-order valence-corrected chi connectivity index (χ3v) is 2.99. The van der Waals surface area contributed by atoms with Gasteiger partial charge in [-0.1, -0.05) is 0 Å². The molecule has 0 spiro atoms. The number of aliphatic hydroxyl groups excluding tert-OH is 3. The van der Waals surface area contributed by atoms with Gasteiger partial charge in [-0.3, -0.25) is 4.79 Å². The van der Waals surface area contributed by atoms with Gasteiger partial charge in [0.2, 0.25) is 5.91 Å². The highest BCUT2D eigenvalue weighted by Gasteiger charge is 2.46. The fraction of sp³-hybridized carbons (Fsp3) is 0.846. The van der Waals surface area contributed by atoms with E-state index in [9.17, 15) is 19.8 Å². The van der Waals surface area contributed by atoms with E-state index < -0.39 is 54.8 Å². The first kappa shape index (κ1) is 18.6. The fourth-order valence-electron chi connectivity index (χ4n) is 2.13. The zero-order chi connectivity index (χ0) is 17.1. The smallest absolute Gasteiger partial charge is 0.408 e. The van der Waals surface area contributed by atoms with Gasteiger partial charge in [0.1, 0.15) is 23.9 Å². The number of aliphatic hydroxyl groups is 3. The first-order valence-corrected chi connectivity index (χ1v) is 6.94. The van der Waals surface area contributed by atoms with Crippen LogP contribution in [0.15, 0.2) is 0 Å². The van der Waals surface area contributed by atoms with Crippen LogP contribution in [0.1, 0.15) is 27.7 Å². The van der Waals surface area contributed by atoms with Crippen molar-refractivity contribution in [2.45, 2.75) is 63.9 Å². The Bertz CT molecular complexity index is 410. The molecule has 1 heterocycles. The van der Waals surface area contributed by atoms with Crippen LogP contribution in [0.4, 0.5) is 4.79 Å². The van der Waals surface area contributed by atoms with Crippen LogP contribution in [-0.2, 0) is 14.3 Å². The van der Waals surface area contributed by atoms with Crippen LogP contribution in [0, 0.1) is 0 Å². The molecule has 1 fully saturated rings. The Morgan fingerprint density at radius 1 is 1.18 bits per heavy atom. The molecule has 9 heteroatoms. The number of carbonyl (C=O) groups is 2. The van der Waals surface area contributed by atoms with Gasteiger partial charge in [-0.15, -0.1) is 0 Å². The molecule has 0 aliphatic carbocycles. The van der Waals surface area contributed by atoms with E-state index in [2.05, 4.69) is 10.6 Å². The van der Waals surface area contributed by atoms with Gasteiger partial charge in [0.15, 0.2) is 6.29 Å². The molecule has 0 radical (unpaired) electrons. The van der Waals surface area contributed by atoms with Gasteiger partial charge < -0.3 is 35.4 Å². The molecule has 1 saturated heterocycles. The lowest BCUT2D eigenvalue weighted by molar-refractivity contribution is -0.230. The van der Waals surface area contributed by atoms with E-state index >= 15 is 0 Å². The summed E-state index contributed by atoms with van der Waals surface area (Å²) in [6.45, 7) is 5.68. The quantitative estimate of drug-likeness (QED) is 0.425. The average molecular weight is 320 g/mol. The van der Waals surface area contributed by atoms with Gasteiger partial charge in [-0.2, -0.15) is 0 Å². The second-order valence-corrected chi connectivity index (χ2v) is 6.14. The van der Waals surface area contributed by atoms with Gasteiger partial charge in [0.05, 0.1) is 12.6 Å². The van der Waals surface area contributed by atoms with Crippen molar-refractivity contribution in [3.63, 3.8) is 0 Å². The van der Waals surface area contributed by atoms with Crippen LogP contribution >= 0.6 is 0 Å². The van der Waals surface area contributed by atoms with Crippen molar-refractivity contribution in [2.24, 2.45) is 0 Å². The molecule has 0 unspecified atom stereocenters. The molecule has 0 aromatic carbocycles. The minimum Gasteiger partial charge on any atom is -0.444 e. The first-order chi connectivity index (χ1) is 10.0. The molecule has 2 amide bonds. The molecule has 5 atom stereocenters. The summed E-state index contributed by atoms with van der Waals surface area (Å²) in [6.07, 6.45) is -4.75. The predicted molar refractivity (Wildman–Crippen MR) is 74.7 cm³/mol. The molecular weight excluding hydrogens is 296 g/mol. The van der Waals surface area contributed by atoms with Crippen molar-refractivity contribution in [2.75, 3.05) is 6.61 Å². The fourth-order valence-corrected chi connectivity index (χ4v) is 2.13. The van der Waals surface area contributed by atoms with Crippen molar-refractivity contribution in [3.05, 3.63) is 0 Å². The zero-order valence-corrected chi connectivity index (χ0v) is 13.1. The van der Waals surface area contributed by atoms with Crippen LogP contribution in [0.5, 0.6) is 0 Å². The van der Waals surface area contributed by atoms with Gasteiger partial charge in [-0.05, 0) is 20.8 Å². The number of ether oxygens (including phenoxy) is 2. The number of hydrogen-bond acceptors (Lipinski definition) is 7. The number of carbonyl (C=O) groups excluding carboxylic acids is 2. The normalized spacial score (nSPS) is 32.2. The Labute approximate surface area is 128 Å². The van der Waals surface area contributed by atoms with Gasteiger partial charge in [0, 0.05) is 6.92 Å². The number of hydrogen-bond donors (Lipinski definition) is 5. The molecule has 1 aliphatic heterocycles. The van der Waals surface area contributed by atoms with E-state index in [1.807, 2.05) is 0 Å². The topological polar surface area (TPSA) is 137 Å². The lowest BCUT2D eigenvalue weighted by Crippen LogP contribution is -2.69. The largest absolute Gasteiger partial charge is 0.444 e. The molecule has 22 heavy (non-hydrogen) atoms. The van der Waals surface area contributed by atoms with Crippen LogP contribution in [0.2, 0.25) is 0 Å². The Morgan fingerprint density at radius 3 is 2.23 bits per heavy atom. The molecule has 5 N–H and O–H groups in total. The summed E-state index contributed by atoms with van der Waals surface area (Å²) in [5.41, 5.74) is -0.751. The van der Waals surface area contributed by atoms with E-state index in [4.69, 9.17) is 14.6 Å². The molecular formula is C13H24N2O7. The van der Waals surface area contributed by atoms with E-state index in [1.165, 1.54) is 6.92 Å². The van der Waals surface area contributed by atoms with E-state index in [1.54, 1.807) is 20.8 Å². The molecule has 0 saturated carbocycles. The van der Waals surface area contributed by atoms with Crippen molar-refractivity contribution in [1.82, 2.24) is 10.6 Å². The maximum absolute atomic E-state index is 11.9. The molecule has 1 rings (SSSR count). The maximum atomic E-state index is 11.9. The third-order valence-electron chi connectivity index (χ3n) is 2.99. The Kier molecular flexibility index (Phi) is 6.12. The van der Waals surface area contributed by atoms with Crippen LogP contribution in [0.25, 0.3) is 0 Å². The standard InChI is InChI=1S/C13H24N2O7/c1-6(17)14-9-8(15-12(20)22-13(2,3)4)10(18)7(5-16)21-11(9)19/h7-11,16,18-19H,5H2,1-4H3,(H,14,17)(H,15,20)/t7-,8-,9+,10-,11+/m1/s1. The Balaban J connectivity index is 2.89. The zero-order valence-electron chi connectivity index (χ0n) is 13.1. The summed E-state index contributed by atoms with van der Waals surface area (Å²) in [5.74, 6) is -0.474. The van der Waals surface area contributed by atoms with Crippen LogP contribution < -0.4 is 10.6 Å². The van der Waals surface area contributed by atoms with Gasteiger partial charge in [-0.25, -0.2) is 4.79 Å². The number of alkyl carbamates (subject to hydrolysis) is 1. The number of amides is 2. The summed E-state index contributed by atoms with van der Waals surface area (Å²) in [5, 5.41) is 34.0. The van der Waals surface area contributed by atoms with Crippen molar-refractivity contribution < 1.29 is 34.4 Å². The monoisotopic (exact) mass is 320 g/mol. The second-order valence-electron chi connectivity index (χ2n) is 6.14. The van der Waals surface area contributed by atoms with Crippen LogP contribution in [-0.4, -0.2) is 70.1 Å². The third kappa shape index (κ3) is 5.09. The first-order valence-electron chi connectivity index (χ1n) is 6.94. The van der Waals surface area contributed by atoms with Gasteiger partial charge in [0.25, 0.3) is 0 Å². The summed E-state index contributed by atoms with van der Waals surface area (Å²) in [7, 11) is 0. The Hall–Kier alpha value is -1.42. The molecule has 9 nitrogen and oxygen atoms in total. The highest BCUT2D eigenvalue weighted by atomic mass is 16.6. The molecule has 0 bridgehead atoms. The molecule has 0 aromatic heterocycles. The van der Waals surface area contributed by atoms with Crippen molar-refractivity contribution in [3.8, 4) is 0 Å². The van der Waals surface area contributed by atoms with Gasteiger partial charge >= 0.3 is 6.09 Å². The van der Waals surface area contributed by atoms with Crippen molar-refractivity contribution in [1.29, 1.82) is 0 Å². The lowest BCUT2D eigenvalue weighted by Gasteiger charge is -2.42. The summed E-state index contributed by atoms with van der Waals surface area (Å²) >= 11 is 0. The lowest BCUT2D eigenvalue weighted by atomic mass is 9.94. The molecule has 1 aliphatic rings. The van der Waals surface area contributed by atoms with Crippen LogP contribution in [0.3, 0.4) is 0 Å². The minimum absolute atomic E-state index is 0.474. The summed E-state index contributed by atoms with van der Waals surface area (Å²) in [4.78, 5) is 23.1. The average Bonchev–Trinajstić information content (AvgIpc) is 2.35. The Morgan fingerprint density at radius 2 is 1.77 bits per heavy atom.